The van der Waals surface area contributed by atoms with Crippen LogP contribution in [-0.4, -0.2) is 24.8 Å². The number of hydrogen-bond donors (Lipinski definition) is 1. The van der Waals surface area contributed by atoms with Crippen LogP contribution < -0.4 is 15.0 Å². The average Bonchev–Trinajstić information content (AvgIpc) is 2.98. The lowest BCUT2D eigenvalue weighted by atomic mass is 10.1. The fourth-order valence-electron chi connectivity index (χ4n) is 3.26. The molecule has 0 fully saturated rings. The van der Waals surface area contributed by atoms with Crippen LogP contribution in [0.3, 0.4) is 0 Å². The summed E-state index contributed by atoms with van der Waals surface area (Å²) in [6.45, 7) is 1.89. The third kappa shape index (κ3) is 3.36. The van der Waals surface area contributed by atoms with E-state index in [9.17, 15) is 14.4 Å². The number of rotatable bonds is 4. The van der Waals surface area contributed by atoms with Crippen molar-refractivity contribution in [2.24, 2.45) is 0 Å². The van der Waals surface area contributed by atoms with Gasteiger partial charge in [0.25, 0.3) is 17.7 Å². The number of fused-ring (bicyclic) bond motifs is 1. The summed E-state index contributed by atoms with van der Waals surface area (Å²) in [6.07, 6.45) is 0. The summed E-state index contributed by atoms with van der Waals surface area (Å²) in [4.78, 5) is 39.4. The lowest BCUT2D eigenvalue weighted by Crippen LogP contribution is -2.29. The monoisotopic (exact) mass is 386 g/mol. The number of carbonyl (C=O) groups excluding carboxylic acids is 3. The fraction of sp³-hybridized carbons (Fsp3) is 0.0870. The van der Waals surface area contributed by atoms with Crippen molar-refractivity contribution in [3.8, 4) is 5.75 Å². The molecule has 6 heteroatoms. The largest absolute Gasteiger partial charge is 0.497 e. The van der Waals surface area contributed by atoms with Gasteiger partial charge in [0.05, 0.1) is 23.9 Å². The predicted molar refractivity (Wildman–Crippen MR) is 110 cm³/mol. The average molecular weight is 386 g/mol. The second-order valence-electron chi connectivity index (χ2n) is 6.73. The zero-order chi connectivity index (χ0) is 20.5. The highest BCUT2D eigenvalue weighted by atomic mass is 16.5. The van der Waals surface area contributed by atoms with Crippen molar-refractivity contribution < 1.29 is 19.1 Å². The summed E-state index contributed by atoms with van der Waals surface area (Å²) in [5, 5.41) is 2.77. The van der Waals surface area contributed by atoms with Gasteiger partial charge in [0.1, 0.15) is 5.75 Å². The van der Waals surface area contributed by atoms with Gasteiger partial charge in [0, 0.05) is 11.3 Å². The normalized spacial score (nSPS) is 12.7. The van der Waals surface area contributed by atoms with Crippen molar-refractivity contribution in [1.82, 2.24) is 0 Å². The maximum Gasteiger partial charge on any atom is 0.266 e. The molecule has 0 atom stereocenters. The molecule has 0 aliphatic carbocycles. The van der Waals surface area contributed by atoms with Crippen LogP contribution in [0.2, 0.25) is 0 Å². The summed E-state index contributed by atoms with van der Waals surface area (Å²) < 4.78 is 5.10. The minimum atomic E-state index is -0.435. The van der Waals surface area contributed by atoms with E-state index in [2.05, 4.69) is 5.32 Å². The third-order valence-electron chi connectivity index (χ3n) is 4.76. The van der Waals surface area contributed by atoms with E-state index in [-0.39, 0.29) is 17.0 Å². The van der Waals surface area contributed by atoms with Gasteiger partial charge in [-0.2, -0.15) is 0 Å². The molecule has 3 amide bonds. The molecule has 0 bridgehead atoms. The molecule has 1 aliphatic heterocycles. The van der Waals surface area contributed by atoms with Crippen molar-refractivity contribution in [3.63, 3.8) is 0 Å². The summed E-state index contributed by atoms with van der Waals surface area (Å²) in [6, 6.07) is 18.6. The Kier molecular flexibility index (Phi) is 4.60. The number of nitrogens with one attached hydrogen (secondary N) is 1. The first-order valence-electron chi connectivity index (χ1n) is 9.03. The van der Waals surface area contributed by atoms with Crippen LogP contribution in [0.5, 0.6) is 5.75 Å². The van der Waals surface area contributed by atoms with E-state index in [4.69, 9.17) is 4.74 Å². The maximum atomic E-state index is 12.9. The molecule has 29 heavy (non-hydrogen) atoms. The maximum absolute atomic E-state index is 12.9. The van der Waals surface area contributed by atoms with E-state index in [1.54, 1.807) is 55.6 Å². The number of nitrogens with zero attached hydrogens (tertiary/aromatic N) is 1. The molecule has 0 radical (unpaired) electrons. The predicted octanol–water partition coefficient (Wildman–Crippen LogP) is 4.06. The van der Waals surface area contributed by atoms with Crippen molar-refractivity contribution in [2.45, 2.75) is 6.92 Å². The Morgan fingerprint density at radius 2 is 1.62 bits per heavy atom. The summed E-state index contributed by atoms with van der Waals surface area (Å²) in [7, 11) is 1.57. The van der Waals surface area contributed by atoms with Crippen molar-refractivity contribution in [1.29, 1.82) is 0 Å². The van der Waals surface area contributed by atoms with Crippen molar-refractivity contribution in [2.75, 3.05) is 17.3 Å². The van der Waals surface area contributed by atoms with Gasteiger partial charge in [-0.3, -0.25) is 14.4 Å². The van der Waals surface area contributed by atoms with Crippen LogP contribution in [0.25, 0.3) is 0 Å². The number of carbonyl (C=O) groups is 3. The summed E-state index contributed by atoms with van der Waals surface area (Å²) in [5.41, 5.74) is 2.86. The molecule has 1 N–H and O–H groups in total. The number of imide groups is 1. The topological polar surface area (TPSA) is 75.7 Å². The molecule has 3 aromatic carbocycles. The molecule has 1 aliphatic rings. The highest BCUT2D eigenvalue weighted by Crippen LogP contribution is 2.29. The number of aryl methyl sites for hydroxylation is 1. The molecule has 0 aromatic heterocycles. The molecule has 144 valence electrons. The number of anilines is 2. The highest BCUT2D eigenvalue weighted by molar-refractivity contribution is 6.34. The number of hydrogen-bond acceptors (Lipinski definition) is 4. The van der Waals surface area contributed by atoms with Crippen molar-refractivity contribution >= 4 is 29.1 Å². The van der Waals surface area contributed by atoms with Gasteiger partial charge in [-0.1, -0.05) is 12.1 Å². The van der Waals surface area contributed by atoms with E-state index < -0.39 is 11.8 Å². The van der Waals surface area contributed by atoms with Crippen molar-refractivity contribution in [3.05, 3.63) is 89.0 Å². The van der Waals surface area contributed by atoms with Gasteiger partial charge in [-0.05, 0) is 67.1 Å². The zero-order valence-corrected chi connectivity index (χ0v) is 15.9. The number of benzene rings is 3. The van der Waals surface area contributed by atoms with Crippen LogP contribution in [0.4, 0.5) is 11.4 Å². The number of amides is 3. The molecule has 1 heterocycles. The SMILES string of the molecule is COc1ccc(NC(=O)c2ccc3c(c2)C(=O)N(c2cccc(C)c2)C3=O)cc1. The second kappa shape index (κ2) is 7.24. The van der Waals surface area contributed by atoms with E-state index in [1.807, 2.05) is 13.0 Å². The minimum absolute atomic E-state index is 0.221. The van der Waals surface area contributed by atoms with E-state index >= 15 is 0 Å². The first-order valence-corrected chi connectivity index (χ1v) is 9.03. The lowest BCUT2D eigenvalue weighted by molar-refractivity contribution is 0.0925. The Morgan fingerprint density at radius 3 is 2.31 bits per heavy atom. The molecule has 0 saturated heterocycles. The number of ether oxygens (including phenoxy) is 1. The molecule has 6 nitrogen and oxygen atoms in total. The molecule has 3 aromatic rings. The summed E-state index contributed by atoms with van der Waals surface area (Å²) >= 11 is 0. The Bertz CT molecular complexity index is 1140. The van der Waals surface area contributed by atoms with Gasteiger partial charge in [0.2, 0.25) is 0 Å². The Balaban J connectivity index is 1.60. The van der Waals surface area contributed by atoms with Gasteiger partial charge in [-0.25, -0.2) is 4.90 Å². The van der Waals surface area contributed by atoms with Crippen LogP contribution in [0.15, 0.2) is 66.7 Å². The fourth-order valence-corrected chi connectivity index (χ4v) is 3.26. The molecule has 0 unspecified atom stereocenters. The Morgan fingerprint density at radius 1 is 0.897 bits per heavy atom. The molecule has 4 rings (SSSR count). The molecule has 0 saturated carbocycles. The van der Waals surface area contributed by atoms with Gasteiger partial charge >= 0.3 is 0 Å². The smallest absolute Gasteiger partial charge is 0.266 e. The Labute approximate surface area is 167 Å². The standard InChI is InChI=1S/C23H18N2O4/c1-14-4-3-5-17(12-14)25-22(27)19-11-6-15(13-20(19)23(25)28)21(26)24-16-7-9-18(29-2)10-8-16/h3-13H,1-2H3,(H,24,26). The quantitative estimate of drug-likeness (QED) is 0.686. The van der Waals surface area contributed by atoms with Gasteiger partial charge in [-0.15, -0.1) is 0 Å². The van der Waals surface area contributed by atoms with E-state index in [1.165, 1.54) is 12.1 Å². The van der Waals surface area contributed by atoms with Crippen LogP contribution in [0.1, 0.15) is 36.6 Å². The Hall–Kier alpha value is -3.93. The van der Waals surface area contributed by atoms with E-state index in [0.29, 0.717) is 22.7 Å². The molecular formula is C23H18N2O4. The van der Waals surface area contributed by atoms with Crippen LogP contribution in [0, 0.1) is 6.92 Å². The van der Waals surface area contributed by atoms with Gasteiger partial charge in [0.15, 0.2) is 0 Å². The van der Waals surface area contributed by atoms with Crippen LogP contribution in [-0.2, 0) is 0 Å². The second-order valence-corrected chi connectivity index (χ2v) is 6.73. The van der Waals surface area contributed by atoms with Gasteiger partial charge < -0.3 is 10.1 Å². The zero-order valence-electron chi connectivity index (χ0n) is 15.9. The van der Waals surface area contributed by atoms with E-state index in [0.717, 1.165) is 10.5 Å². The molecule has 0 spiro atoms. The third-order valence-corrected chi connectivity index (χ3v) is 4.76. The first kappa shape index (κ1) is 18.4. The van der Waals surface area contributed by atoms with Crippen LogP contribution >= 0.6 is 0 Å². The first-order chi connectivity index (χ1) is 14.0. The highest BCUT2D eigenvalue weighted by Gasteiger charge is 2.37. The number of methoxy groups -OCH3 is 1. The lowest BCUT2D eigenvalue weighted by Gasteiger charge is -2.14. The summed E-state index contributed by atoms with van der Waals surface area (Å²) in [5.74, 6) is -0.513. The minimum Gasteiger partial charge on any atom is -0.497 e. The molecular weight excluding hydrogens is 368 g/mol.